The first-order chi connectivity index (χ1) is 13.8. The molecule has 0 saturated carbocycles. The van der Waals surface area contributed by atoms with Crippen LogP contribution in [0.2, 0.25) is 4.34 Å². The number of carbonyl (C=O) groups excluding carboxylic acids is 1. The van der Waals surface area contributed by atoms with E-state index in [1.54, 1.807) is 0 Å². The third-order valence-electron chi connectivity index (χ3n) is 4.54. The maximum atomic E-state index is 12.9. The molecule has 1 amide bonds. The van der Waals surface area contributed by atoms with Crippen LogP contribution in [0.1, 0.15) is 18.4 Å². The van der Waals surface area contributed by atoms with E-state index in [1.807, 2.05) is 31.2 Å². The van der Waals surface area contributed by atoms with Crippen molar-refractivity contribution in [1.29, 1.82) is 0 Å². The van der Waals surface area contributed by atoms with Crippen LogP contribution in [0, 0.1) is 6.92 Å². The summed E-state index contributed by atoms with van der Waals surface area (Å²) in [6.07, 6.45) is 0.984. The fourth-order valence-corrected chi connectivity index (χ4v) is 6.47. The highest BCUT2D eigenvalue weighted by atomic mass is 35.5. The number of rotatable bonds is 5. The highest BCUT2D eigenvalue weighted by Crippen LogP contribution is 2.32. The maximum Gasteiger partial charge on any atom is 0.322 e. The summed E-state index contributed by atoms with van der Waals surface area (Å²) in [6, 6.07) is 9.56. The number of nitrogens with zero attached hydrogens (tertiary/aromatic N) is 3. The molecule has 1 aromatic carbocycles. The van der Waals surface area contributed by atoms with E-state index in [4.69, 9.17) is 16.0 Å². The summed E-state index contributed by atoms with van der Waals surface area (Å²) in [5, 5.41) is 10.3. The van der Waals surface area contributed by atoms with Gasteiger partial charge in [-0.05, 0) is 44.0 Å². The van der Waals surface area contributed by atoms with Crippen molar-refractivity contribution in [2.45, 2.75) is 30.0 Å². The van der Waals surface area contributed by atoms with Gasteiger partial charge in [-0.3, -0.25) is 10.1 Å². The lowest BCUT2D eigenvalue weighted by Crippen LogP contribution is -2.42. The predicted molar refractivity (Wildman–Crippen MR) is 109 cm³/mol. The molecule has 0 aliphatic carbocycles. The van der Waals surface area contributed by atoms with Crippen molar-refractivity contribution in [2.75, 3.05) is 11.9 Å². The second kappa shape index (κ2) is 7.86. The number of carbonyl (C=O) groups is 1. The van der Waals surface area contributed by atoms with Gasteiger partial charge in [0.2, 0.25) is 11.8 Å². The third-order valence-corrected chi connectivity index (χ3v) is 8.14. The van der Waals surface area contributed by atoms with Crippen molar-refractivity contribution in [3.63, 3.8) is 0 Å². The maximum absolute atomic E-state index is 12.9. The summed E-state index contributed by atoms with van der Waals surface area (Å²) in [5.74, 6) is -0.235. The molecule has 1 fully saturated rings. The van der Waals surface area contributed by atoms with E-state index in [0.717, 1.165) is 22.5 Å². The fraction of sp³-hybridized carbons (Fsp3) is 0.278. The zero-order valence-corrected chi connectivity index (χ0v) is 17.7. The van der Waals surface area contributed by atoms with Crippen molar-refractivity contribution < 1.29 is 17.6 Å². The minimum absolute atomic E-state index is 0.0741. The SMILES string of the molecule is Cc1cccc(-c2nnc(NC(=O)C3CCCN3S(=O)(=O)c3ccc(Cl)s3)o2)c1. The van der Waals surface area contributed by atoms with Gasteiger partial charge < -0.3 is 4.42 Å². The van der Waals surface area contributed by atoms with Gasteiger partial charge in [-0.25, -0.2) is 8.42 Å². The predicted octanol–water partition coefficient (Wildman–Crippen LogP) is 3.55. The summed E-state index contributed by atoms with van der Waals surface area (Å²) in [7, 11) is -3.81. The van der Waals surface area contributed by atoms with Crippen LogP contribution < -0.4 is 5.32 Å². The molecule has 1 aliphatic heterocycles. The molecule has 3 aromatic rings. The fourth-order valence-electron chi connectivity index (χ4n) is 3.20. The Labute approximate surface area is 176 Å². The largest absolute Gasteiger partial charge is 0.403 e. The summed E-state index contributed by atoms with van der Waals surface area (Å²) in [5.41, 5.74) is 1.77. The molecule has 2 aromatic heterocycles. The molecule has 0 bridgehead atoms. The summed E-state index contributed by atoms with van der Waals surface area (Å²) in [4.78, 5) is 12.7. The monoisotopic (exact) mass is 452 g/mol. The minimum Gasteiger partial charge on any atom is -0.403 e. The van der Waals surface area contributed by atoms with Crippen molar-refractivity contribution in [2.24, 2.45) is 0 Å². The zero-order valence-electron chi connectivity index (χ0n) is 15.3. The average molecular weight is 453 g/mol. The first kappa shape index (κ1) is 20.0. The lowest BCUT2D eigenvalue weighted by molar-refractivity contribution is -0.119. The van der Waals surface area contributed by atoms with Gasteiger partial charge in [0.1, 0.15) is 10.3 Å². The van der Waals surface area contributed by atoms with Gasteiger partial charge in [0.25, 0.3) is 10.0 Å². The van der Waals surface area contributed by atoms with Crippen LogP contribution in [0.5, 0.6) is 0 Å². The number of aromatic nitrogens is 2. The first-order valence-corrected chi connectivity index (χ1v) is 11.5. The number of halogens is 1. The number of benzene rings is 1. The van der Waals surface area contributed by atoms with Crippen LogP contribution in [-0.2, 0) is 14.8 Å². The Morgan fingerprint density at radius 3 is 2.86 bits per heavy atom. The molecule has 152 valence electrons. The van der Waals surface area contributed by atoms with Crippen molar-refractivity contribution in [3.05, 3.63) is 46.3 Å². The molecule has 0 radical (unpaired) electrons. The van der Waals surface area contributed by atoms with Gasteiger partial charge >= 0.3 is 6.01 Å². The number of sulfonamides is 1. The molecule has 1 atom stereocenters. The van der Waals surface area contributed by atoms with Crippen LogP contribution in [0.25, 0.3) is 11.5 Å². The highest BCUT2D eigenvalue weighted by molar-refractivity contribution is 7.91. The number of hydrogen-bond donors (Lipinski definition) is 1. The molecule has 1 unspecified atom stereocenters. The number of thiophene rings is 1. The summed E-state index contributed by atoms with van der Waals surface area (Å²) in [6.45, 7) is 2.20. The van der Waals surface area contributed by atoms with Gasteiger partial charge in [0.05, 0.1) is 4.34 Å². The lowest BCUT2D eigenvalue weighted by Gasteiger charge is -2.21. The molecule has 1 saturated heterocycles. The van der Waals surface area contributed by atoms with E-state index < -0.39 is 22.0 Å². The van der Waals surface area contributed by atoms with Gasteiger partial charge in [0.15, 0.2) is 0 Å². The Bertz CT molecular complexity index is 1160. The van der Waals surface area contributed by atoms with E-state index in [-0.39, 0.29) is 22.7 Å². The third kappa shape index (κ3) is 4.06. The van der Waals surface area contributed by atoms with Crippen LogP contribution in [-0.4, -0.2) is 41.4 Å². The molecule has 29 heavy (non-hydrogen) atoms. The molecular weight excluding hydrogens is 436 g/mol. The highest BCUT2D eigenvalue weighted by Gasteiger charge is 2.40. The van der Waals surface area contributed by atoms with Gasteiger partial charge in [-0.15, -0.1) is 16.4 Å². The Balaban J connectivity index is 1.51. The normalized spacial score (nSPS) is 17.5. The van der Waals surface area contributed by atoms with E-state index in [0.29, 0.717) is 17.2 Å². The standard InChI is InChI=1S/C18H17ClN4O4S2/c1-11-4-2-5-12(10-11)17-21-22-18(27-17)20-16(24)13-6-3-9-23(13)29(25,26)15-8-7-14(19)28-15/h2,4-5,7-8,10,13H,3,6,9H2,1H3,(H,20,22,24). The van der Waals surface area contributed by atoms with E-state index >= 15 is 0 Å². The zero-order chi connectivity index (χ0) is 20.6. The molecule has 0 spiro atoms. The minimum atomic E-state index is -3.81. The van der Waals surface area contributed by atoms with Crippen molar-refractivity contribution in [3.8, 4) is 11.5 Å². The van der Waals surface area contributed by atoms with Crippen LogP contribution in [0.15, 0.2) is 45.0 Å². The number of hydrogen-bond acceptors (Lipinski definition) is 7. The molecule has 1 N–H and O–H groups in total. The number of nitrogens with one attached hydrogen (secondary N) is 1. The molecule has 1 aliphatic rings. The first-order valence-electron chi connectivity index (χ1n) is 8.83. The molecule has 11 heteroatoms. The van der Waals surface area contributed by atoms with Gasteiger partial charge in [0, 0.05) is 12.1 Å². The van der Waals surface area contributed by atoms with Crippen LogP contribution in [0.3, 0.4) is 0 Å². The lowest BCUT2D eigenvalue weighted by atomic mass is 10.1. The van der Waals surface area contributed by atoms with Crippen molar-refractivity contribution in [1.82, 2.24) is 14.5 Å². The average Bonchev–Trinajstić information content (AvgIpc) is 3.42. The Hall–Kier alpha value is -2.27. The second-order valence-corrected chi connectivity index (χ2v) is 10.4. The van der Waals surface area contributed by atoms with E-state index in [9.17, 15) is 13.2 Å². The Morgan fingerprint density at radius 1 is 1.31 bits per heavy atom. The molecule has 8 nitrogen and oxygen atoms in total. The second-order valence-electron chi connectivity index (χ2n) is 6.60. The molecule has 4 rings (SSSR count). The van der Waals surface area contributed by atoms with Crippen LogP contribution in [0.4, 0.5) is 6.01 Å². The van der Waals surface area contributed by atoms with Gasteiger partial charge in [-0.1, -0.05) is 34.4 Å². The molecule has 3 heterocycles. The molecular formula is C18H17ClN4O4S2. The van der Waals surface area contributed by atoms with Crippen LogP contribution >= 0.6 is 22.9 Å². The topological polar surface area (TPSA) is 105 Å². The Kier molecular flexibility index (Phi) is 5.43. The quantitative estimate of drug-likeness (QED) is 0.634. The van der Waals surface area contributed by atoms with E-state index in [2.05, 4.69) is 15.5 Å². The number of amides is 1. The van der Waals surface area contributed by atoms with Gasteiger partial charge in [-0.2, -0.15) is 4.31 Å². The summed E-state index contributed by atoms with van der Waals surface area (Å²) >= 11 is 6.84. The number of aryl methyl sites for hydroxylation is 1. The smallest absolute Gasteiger partial charge is 0.322 e. The van der Waals surface area contributed by atoms with Crippen molar-refractivity contribution >= 4 is 44.9 Å². The number of anilines is 1. The summed E-state index contributed by atoms with van der Waals surface area (Å²) < 4.78 is 33.0. The Morgan fingerprint density at radius 2 is 2.14 bits per heavy atom. The van der Waals surface area contributed by atoms with E-state index in [1.165, 1.54) is 16.4 Å².